The first kappa shape index (κ1) is 12.6. The maximum Gasteiger partial charge on any atom is 0.252 e. The molecule has 3 heteroatoms. The molecule has 1 aromatic carbocycles. The first-order valence-electron chi connectivity index (χ1n) is 6.24. The maximum absolute atomic E-state index is 12.1. The Morgan fingerprint density at radius 2 is 2.00 bits per heavy atom. The van der Waals surface area contributed by atoms with Crippen LogP contribution in [0.3, 0.4) is 0 Å². The molecule has 2 atom stereocenters. The number of halogens is 1. The zero-order valence-corrected chi connectivity index (χ0v) is 11.7. The average Bonchev–Trinajstić information content (AvgIpc) is 2.32. The molecule has 0 saturated heterocycles. The summed E-state index contributed by atoms with van der Waals surface area (Å²) in [5.74, 6) is 0.631. The van der Waals surface area contributed by atoms with Crippen molar-refractivity contribution in [3.63, 3.8) is 0 Å². The predicted molar refractivity (Wildman–Crippen MR) is 73.0 cm³/mol. The minimum absolute atomic E-state index is 0.0382. The molecule has 1 amide bonds. The van der Waals surface area contributed by atoms with Crippen LogP contribution in [0, 0.1) is 5.92 Å². The minimum Gasteiger partial charge on any atom is -0.349 e. The molecule has 0 heterocycles. The van der Waals surface area contributed by atoms with Gasteiger partial charge >= 0.3 is 0 Å². The highest BCUT2D eigenvalue weighted by Gasteiger charge is 2.23. The fraction of sp³-hybridized carbons (Fsp3) is 0.500. The van der Waals surface area contributed by atoms with E-state index in [4.69, 9.17) is 0 Å². The summed E-state index contributed by atoms with van der Waals surface area (Å²) in [4.78, 5) is 12.1. The largest absolute Gasteiger partial charge is 0.349 e. The molecule has 1 aliphatic carbocycles. The number of hydrogen-bond donors (Lipinski definition) is 1. The summed E-state index contributed by atoms with van der Waals surface area (Å²) in [6.45, 7) is 2.23. The van der Waals surface area contributed by atoms with Gasteiger partial charge in [-0.1, -0.05) is 31.9 Å². The maximum atomic E-state index is 12.1. The molecule has 0 radical (unpaired) electrons. The van der Waals surface area contributed by atoms with Crippen molar-refractivity contribution in [1.82, 2.24) is 5.32 Å². The third-order valence-corrected chi connectivity index (χ3v) is 4.24. The highest BCUT2D eigenvalue weighted by Crippen LogP contribution is 2.24. The van der Waals surface area contributed by atoms with Crippen LogP contribution in [-0.2, 0) is 0 Å². The van der Waals surface area contributed by atoms with Crippen molar-refractivity contribution >= 4 is 21.8 Å². The number of rotatable bonds is 2. The van der Waals surface area contributed by atoms with Gasteiger partial charge < -0.3 is 5.32 Å². The summed E-state index contributed by atoms with van der Waals surface area (Å²) in [5.41, 5.74) is 0.727. The van der Waals surface area contributed by atoms with Gasteiger partial charge in [-0.3, -0.25) is 4.79 Å². The monoisotopic (exact) mass is 295 g/mol. The van der Waals surface area contributed by atoms with Crippen molar-refractivity contribution in [3.8, 4) is 0 Å². The van der Waals surface area contributed by atoms with Crippen molar-refractivity contribution in [2.45, 2.75) is 38.6 Å². The number of carbonyl (C=O) groups is 1. The minimum atomic E-state index is 0.0382. The fourth-order valence-corrected chi connectivity index (χ4v) is 2.89. The van der Waals surface area contributed by atoms with E-state index in [1.807, 2.05) is 24.3 Å². The third-order valence-electron chi connectivity index (χ3n) is 3.55. The summed E-state index contributed by atoms with van der Waals surface area (Å²) in [6.07, 6.45) is 4.85. The van der Waals surface area contributed by atoms with E-state index in [1.54, 1.807) is 0 Å². The van der Waals surface area contributed by atoms with Crippen LogP contribution in [0.2, 0.25) is 0 Å². The van der Waals surface area contributed by atoms with Crippen LogP contribution >= 0.6 is 15.9 Å². The van der Waals surface area contributed by atoms with Crippen LogP contribution in [0.5, 0.6) is 0 Å². The summed E-state index contributed by atoms with van der Waals surface area (Å²) in [5, 5.41) is 3.16. The van der Waals surface area contributed by atoms with E-state index in [0.29, 0.717) is 12.0 Å². The van der Waals surface area contributed by atoms with Gasteiger partial charge in [0.15, 0.2) is 0 Å². The average molecular weight is 296 g/mol. The van der Waals surface area contributed by atoms with E-state index in [-0.39, 0.29) is 5.91 Å². The standard InChI is InChI=1S/C14H18BrNO/c1-10-6-2-5-9-13(10)16-14(17)11-7-3-4-8-12(11)15/h3-4,7-8,10,13H,2,5-6,9H2,1H3,(H,16,17)/t10-,13-/m0/s1. The smallest absolute Gasteiger partial charge is 0.252 e. The number of carbonyl (C=O) groups excluding carboxylic acids is 1. The van der Waals surface area contributed by atoms with Crippen LogP contribution in [0.25, 0.3) is 0 Å². The van der Waals surface area contributed by atoms with Crippen LogP contribution in [0.15, 0.2) is 28.7 Å². The van der Waals surface area contributed by atoms with E-state index < -0.39 is 0 Å². The Hall–Kier alpha value is -0.830. The number of hydrogen-bond acceptors (Lipinski definition) is 1. The van der Waals surface area contributed by atoms with Gasteiger partial charge in [-0.25, -0.2) is 0 Å². The zero-order valence-electron chi connectivity index (χ0n) is 10.1. The van der Waals surface area contributed by atoms with Crippen LogP contribution in [0.4, 0.5) is 0 Å². The predicted octanol–water partition coefficient (Wildman–Crippen LogP) is 3.76. The lowest BCUT2D eigenvalue weighted by Crippen LogP contribution is -2.41. The van der Waals surface area contributed by atoms with Gasteiger partial charge in [0.25, 0.3) is 5.91 Å². The van der Waals surface area contributed by atoms with Gasteiger partial charge in [0.1, 0.15) is 0 Å². The summed E-state index contributed by atoms with van der Waals surface area (Å²) in [6, 6.07) is 7.91. The zero-order chi connectivity index (χ0) is 12.3. The molecule has 92 valence electrons. The molecular weight excluding hydrogens is 278 g/mol. The van der Waals surface area contributed by atoms with E-state index in [9.17, 15) is 4.79 Å². The second-order valence-electron chi connectivity index (χ2n) is 4.82. The molecule has 1 saturated carbocycles. The Morgan fingerprint density at radius 3 is 2.71 bits per heavy atom. The molecule has 0 spiro atoms. The lowest BCUT2D eigenvalue weighted by Gasteiger charge is -2.29. The SMILES string of the molecule is C[C@H]1CCCC[C@@H]1NC(=O)c1ccccc1Br. The molecule has 1 aromatic rings. The molecule has 17 heavy (non-hydrogen) atoms. The lowest BCUT2D eigenvalue weighted by atomic mass is 9.86. The topological polar surface area (TPSA) is 29.1 Å². The Kier molecular flexibility index (Phi) is 4.21. The van der Waals surface area contributed by atoms with E-state index in [1.165, 1.54) is 19.3 Å². The van der Waals surface area contributed by atoms with Crippen molar-refractivity contribution in [2.24, 2.45) is 5.92 Å². The fourth-order valence-electron chi connectivity index (χ4n) is 2.42. The number of benzene rings is 1. The molecular formula is C14H18BrNO. The number of amides is 1. The van der Waals surface area contributed by atoms with Crippen LogP contribution < -0.4 is 5.32 Å². The van der Waals surface area contributed by atoms with Crippen LogP contribution in [-0.4, -0.2) is 11.9 Å². The van der Waals surface area contributed by atoms with E-state index >= 15 is 0 Å². The van der Waals surface area contributed by atoms with E-state index in [2.05, 4.69) is 28.2 Å². The van der Waals surface area contributed by atoms with Gasteiger partial charge in [-0.15, -0.1) is 0 Å². The molecule has 1 fully saturated rings. The normalized spacial score (nSPS) is 24.4. The highest BCUT2D eigenvalue weighted by atomic mass is 79.9. The molecule has 1 N–H and O–H groups in total. The Bertz CT molecular complexity index is 405. The first-order chi connectivity index (χ1) is 8.18. The summed E-state index contributed by atoms with van der Waals surface area (Å²) in [7, 11) is 0. The van der Waals surface area contributed by atoms with Crippen molar-refractivity contribution in [1.29, 1.82) is 0 Å². The lowest BCUT2D eigenvalue weighted by molar-refractivity contribution is 0.0909. The molecule has 0 aliphatic heterocycles. The van der Waals surface area contributed by atoms with Crippen molar-refractivity contribution in [2.75, 3.05) is 0 Å². The Morgan fingerprint density at radius 1 is 1.29 bits per heavy atom. The van der Waals surface area contributed by atoms with Gasteiger partial charge in [-0.05, 0) is 46.8 Å². The molecule has 0 aromatic heterocycles. The summed E-state index contributed by atoms with van der Waals surface area (Å²) >= 11 is 3.42. The Balaban J connectivity index is 2.04. The molecule has 0 bridgehead atoms. The molecule has 2 rings (SSSR count). The van der Waals surface area contributed by atoms with Gasteiger partial charge in [0, 0.05) is 10.5 Å². The van der Waals surface area contributed by atoms with Crippen LogP contribution in [0.1, 0.15) is 43.0 Å². The summed E-state index contributed by atoms with van der Waals surface area (Å²) < 4.78 is 0.862. The molecule has 1 aliphatic rings. The third kappa shape index (κ3) is 3.09. The number of nitrogens with one attached hydrogen (secondary N) is 1. The molecule has 0 unspecified atom stereocenters. The van der Waals surface area contributed by atoms with Gasteiger partial charge in [-0.2, -0.15) is 0 Å². The second kappa shape index (κ2) is 5.67. The first-order valence-corrected chi connectivity index (χ1v) is 7.03. The Labute approximate surface area is 111 Å². The van der Waals surface area contributed by atoms with Crippen molar-refractivity contribution in [3.05, 3.63) is 34.3 Å². The van der Waals surface area contributed by atoms with E-state index in [0.717, 1.165) is 16.5 Å². The molecule has 2 nitrogen and oxygen atoms in total. The van der Waals surface area contributed by atoms with Gasteiger partial charge in [0.05, 0.1) is 5.56 Å². The van der Waals surface area contributed by atoms with Crippen molar-refractivity contribution < 1.29 is 4.79 Å². The second-order valence-corrected chi connectivity index (χ2v) is 5.68. The van der Waals surface area contributed by atoms with Gasteiger partial charge in [0.2, 0.25) is 0 Å². The quantitative estimate of drug-likeness (QED) is 0.884. The highest BCUT2D eigenvalue weighted by molar-refractivity contribution is 9.10.